The summed E-state index contributed by atoms with van der Waals surface area (Å²) in [6, 6.07) is 9.97. The number of carbonyl (C=O) groups is 1. The molecule has 9 heteroatoms. The Hall–Kier alpha value is -2.16. The van der Waals surface area contributed by atoms with E-state index < -0.39 is 10.0 Å². The molecule has 2 rings (SSSR count). The van der Waals surface area contributed by atoms with Crippen LogP contribution in [0.2, 0.25) is 0 Å². The number of sulfonamides is 1. The summed E-state index contributed by atoms with van der Waals surface area (Å²) in [5, 5.41) is 2.75. The zero-order chi connectivity index (χ0) is 19.2. The molecule has 27 heavy (non-hydrogen) atoms. The largest absolute Gasteiger partial charge is 0.384 e. The van der Waals surface area contributed by atoms with Crippen molar-refractivity contribution in [2.75, 3.05) is 24.1 Å². The number of amides is 1. The first-order chi connectivity index (χ1) is 12.4. The van der Waals surface area contributed by atoms with Crippen molar-refractivity contribution in [2.24, 2.45) is 0 Å². The number of benzene rings is 1. The quantitative estimate of drug-likeness (QED) is 0.693. The number of anilines is 2. The standard InChI is InChI=1S/C18H24N4O3S.ClH/c1-3-22(4-2)26(24,25)16-9-5-14(6-10-16)7-12-18(23)21-15-8-11-17(19)20-13-15;/h5-6,8-11,13H,3-4,7,12H2,1-2H3,(H2,19,20)(H,21,23);1H. The lowest BCUT2D eigenvalue weighted by molar-refractivity contribution is -0.116. The molecule has 0 saturated heterocycles. The van der Waals surface area contributed by atoms with Gasteiger partial charge in [-0.3, -0.25) is 4.79 Å². The highest BCUT2D eigenvalue weighted by Gasteiger charge is 2.21. The molecule has 1 amide bonds. The van der Waals surface area contributed by atoms with Crippen LogP contribution in [0, 0.1) is 0 Å². The van der Waals surface area contributed by atoms with E-state index in [1.807, 2.05) is 13.8 Å². The van der Waals surface area contributed by atoms with Crippen LogP contribution in [0.15, 0.2) is 47.5 Å². The Bertz CT molecular complexity index is 836. The highest BCUT2D eigenvalue weighted by atomic mass is 35.5. The van der Waals surface area contributed by atoms with Crippen molar-refractivity contribution in [2.45, 2.75) is 31.6 Å². The number of carbonyl (C=O) groups excluding carboxylic acids is 1. The third-order valence-corrected chi connectivity index (χ3v) is 6.04. The summed E-state index contributed by atoms with van der Waals surface area (Å²) in [5.74, 6) is 0.249. The first-order valence-corrected chi connectivity index (χ1v) is 9.91. The number of rotatable bonds is 8. The van der Waals surface area contributed by atoms with Crippen LogP contribution in [-0.4, -0.2) is 36.7 Å². The van der Waals surface area contributed by atoms with E-state index in [2.05, 4.69) is 10.3 Å². The third kappa shape index (κ3) is 6.20. The van der Waals surface area contributed by atoms with Gasteiger partial charge < -0.3 is 11.1 Å². The third-order valence-electron chi connectivity index (χ3n) is 3.98. The smallest absolute Gasteiger partial charge is 0.243 e. The number of nitrogens with two attached hydrogens (primary N) is 1. The van der Waals surface area contributed by atoms with Crippen molar-refractivity contribution < 1.29 is 13.2 Å². The molecule has 0 atom stereocenters. The summed E-state index contributed by atoms with van der Waals surface area (Å²) in [4.78, 5) is 16.2. The van der Waals surface area contributed by atoms with Crippen LogP contribution in [0.5, 0.6) is 0 Å². The van der Waals surface area contributed by atoms with Gasteiger partial charge in [-0.15, -0.1) is 12.4 Å². The Labute approximate surface area is 166 Å². The van der Waals surface area contributed by atoms with Gasteiger partial charge in [0.25, 0.3) is 0 Å². The van der Waals surface area contributed by atoms with Crippen molar-refractivity contribution in [3.8, 4) is 0 Å². The molecular weight excluding hydrogens is 388 g/mol. The topological polar surface area (TPSA) is 105 Å². The molecule has 0 saturated carbocycles. The average molecular weight is 413 g/mol. The van der Waals surface area contributed by atoms with Gasteiger partial charge in [-0.2, -0.15) is 4.31 Å². The molecule has 7 nitrogen and oxygen atoms in total. The van der Waals surface area contributed by atoms with Gasteiger partial charge >= 0.3 is 0 Å². The molecule has 1 aromatic carbocycles. The number of halogens is 1. The number of aromatic nitrogens is 1. The molecule has 0 bridgehead atoms. The molecule has 2 aromatic rings. The predicted molar refractivity (Wildman–Crippen MR) is 109 cm³/mol. The van der Waals surface area contributed by atoms with Crippen molar-refractivity contribution in [1.82, 2.24) is 9.29 Å². The molecule has 0 aliphatic rings. The van der Waals surface area contributed by atoms with Gasteiger partial charge in [0.15, 0.2) is 0 Å². The fraction of sp³-hybridized carbons (Fsp3) is 0.333. The maximum Gasteiger partial charge on any atom is 0.243 e. The fourth-order valence-electron chi connectivity index (χ4n) is 2.50. The first-order valence-electron chi connectivity index (χ1n) is 8.47. The minimum absolute atomic E-state index is 0. The molecule has 0 radical (unpaired) electrons. The normalized spacial score (nSPS) is 11.1. The lowest BCUT2D eigenvalue weighted by atomic mass is 10.1. The van der Waals surface area contributed by atoms with Gasteiger partial charge in [0.2, 0.25) is 15.9 Å². The number of pyridine rings is 1. The molecule has 0 aliphatic carbocycles. The Morgan fingerprint density at radius 3 is 2.26 bits per heavy atom. The Kier molecular flexibility index (Phi) is 8.68. The highest BCUT2D eigenvalue weighted by Crippen LogP contribution is 2.17. The van der Waals surface area contributed by atoms with Gasteiger partial charge in [-0.05, 0) is 36.2 Å². The van der Waals surface area contributed by atoms with Crippen LogP contribution in [0.3, 0.4) is 0 Å². The SMILES string of the molecule is CCN(CC)S(=O)(=O)c1ccc(CCC(=O)Nc2ccc(N)nc2)cc1.Cl. The molecule has 148 valence electrons. The van der Waals surface area contributed by atoms with Crippen molar-refractivity contribution in [3.05, 3.63) is 48.2 Å². The number of hydrogen-bond donors (Lipinski definition) is 2. The van der Waals surface area contributed by atoms with Gasteiger partial charge in [0, 0.05) is 19.5 Å². The number of aryl methyl sites for hydroxylation is 1. The van der Waals surface area contributed by atoms with E-state index in [1.54, 1.807) is 36.4 Å². The monoisotopic (exact) mass is 412 g/mol. The summed E-state index contributed by atoms with van der Waals surface area (Å²) in [5.41, 5.74) is 6.99. The summed E-state index contributed by atoms with van der Waals surface area (Å²) < 4.78 is 26.3. The van der Waals surface area contributed by atoms with Crippen LogP contribution in [0.1, 0.15) is 25.8 Å². The second-order valence-electron chi connectivity index (χ2n) is 5.75. The second-order valence-corrected chi connectivity index (χ2v) is 7.69. The molecule has 0 aliphatic heterocycles. The fourth-order valence-corrected chi connectivity index (χ4v) is 3.96. The van der Waals surface area contributed by atoms with Gasteiger partial charge in [-0.25, -0.2) is 13.4 Å². The van der Waals surface area contributed by atoms with Gasteiger partial charge in [0.05, 0.1) is 16.8 Å². The van der Waals surface area contributed by atoms with E-state index in [0.29, 0.717) is 31.0 Å². The van der Waals surface area contributed by atoms with E-state index in [9.17, 15) is 13.2 Å². The van der Waals surface area contributed by atoms with E-state index in [1.165, 1.54) is 10.5 Å². The molecule has 3 N–H and O–H groups in total. The maximum atomic E-state index is 12.4. The van der Waals surface area contributed by atoms with Crippen molar-refractivity contribution in [1.29, 1.82) is 0 Å². The number of nitrogens with one attached hydrogen (secondary N) is 1. The number of hydrogen-bond acceptors (Lipinski definition) is 5. The summed E-state index contributed by atoms with van der Waals surface area (Å²) in [6.45, 7) is 4.48. The molecule has 0 spiro atoms. The zero-order valence-corrected chi connectivity index (χ0v) is 17.0. The van der Waals surface area contributed by atoms with Crippen LogP contribution in [0.4, 0.5) is 11.5 Å². The molecular formula is C18H25ClN4O3S. The molecule has 1 aromatic heterocycles. The maximum absolute atomic E-state index is 12.4. The molecule has 0 unspecified atom stereocenters. The zero-order valence-electron chi connectivity index (χ0n) is 15.4. The highest BCUT2D eigenvalue weighted by molar-refractivity contribution is 7.89. The van der Waals surface area contributed by atoms with Crippen LogP contribution >= 0.6 is 12.4 Å². The van der Waals surface area contributed by atoms with E-state index in [4.69, 9.17) is 5.73 Å². The predicted octanol–water partition coefficient (Wildman–Crippen LogP) is 2.69. The van der Waals surface area contributed by atoms with Crippen molar-refractivity contribution >= 4 is 39.8 Å². The summed E-state index contributed by atoms with van der Waals surface area (Å²) in [6.07, 6.45) is 2.30. The summed E-state index contributed by atoms with van der Waals surface area (Å²) >= 11 is 0. The van der Waals surface area contributed by atoms with Gasteiger partial charge in [0.1, 0.15) is 5.82 Å². The van der Waals surface area contributed by atoms with Crippen LogP contribution < -0.4 is 11.1 Å². The van der Waals surface area contributed by atoms with E-state index in [0.717, 1.165) is 5.56 Å². The Balaban J connectivity index is 0.00000364. The number of nitrogen functional groups attached to an aromatic ring is 1. The Morgan fingerprint density at radius 1 is 1.11 bits per heavy atom. The summed E-state index contributed by atoms with van der Waals surface area (Å²) in [7, 11) is -3.46. The Morgan fingerprint density at radius 2 is 1.74 bits per heavy atom. The van der Waals surface area contributed by atoms with Gasteiger partial charge in [-0.1, -0.05) is 26.0 Å². The molecule has 0 fully saturated rings. The lowest BCUT2D eigenvalue weighted by Gasteiger charge is -2.18. The van der Waals surface area contributed by atoms with Crippen LogP contribution in [-0.2, 0) is 21.2 Å². The lowest BCUT2D eigenvalue weighted by Crippen LogP contribution is -2.30. The first kappa shape index (κ1) is 22.9. The van der Waals surface area contributed by atoms with E-state index >= 15 is 0 Å². The van der Waals surface area contributed by atoms with Crippen LogP contribution in [0.25, 0.3) is 0 Å². The minimum atomic E-state index is -3.46. The molecule has 1 heterocycles. The van der Waals surface area contributed by atoms with E-state index in [-0.39, 0.29) is 29.6 Å². The van der Waals surface area contributed by atoms with Crippen molar-refractivity contribution in [3.63, 3.8) is 0 Å². The second kappa shape index (κ2) is 10.2. The minimum Gasteiger partial charge on any atom is -0.384 e. The number of nitrogens with zero attached hydrogens (tertiary/aromatic N) is 2. The average Bonchev–Trinajstić information content (AvgIpc) is 2.63.